The van der Waals surface area contributed by atoms with Crippen LogP contribution in [0.15, 0.2) is 30.3 Å². The van der Waals surface area contributed by atoms with Crippen molar-refractivity contribution in [3.05, 3.63) is 35.9 Å². The highest BCUT2D eigenvalue weighted by Crippen LogP contribution is 2.14. The molecule has 0 heterocycles. The summed E-state index contributed by atoms with van der Waals surface area (Å²) in [5, 5.41) is 0. The van der Waals surface area contributed by atoms with E-state index in [4.69, 9.17) is 10.2 Å². The average Bonchev–Trinajstić information content (AvgIpc) is 2.27. The fourth-order valence-electron chi connectivity index (χ4n) is 1.44. The van der Waals surface area contributed by atoms with Gasteiger partial charge in [-0.25, -0.2) is 0 Å². The van der Waals surface area contributed by atoms with Gasteiger partial charge in [0.1, 0.15) is 0 Å². The van der Waals surface area contributed by atoms with Gasteiger partial charge in [-0.3, -0.25) is 0 Å². The maximum Gasteiger partial charge on any atom is 0.203 e. The molecule has 0 aliphatic heterocycles. The van der Waals surface area contributed by atoms with Gasteiger partial charge >= 0.3 is 0 Å². The van der Waals surface area contributed by atoms with Gasteiger partial charge in [0.15, 0.2) is 0 Å². The Labute approximate surface area is 93.6 Å². The average molecular weight is 223 g/mol. The van der Waals surface area contributed by atoms with E-state index in [1.165, 1.54) is 5.56 Å². The molecule has 84 valence electrons. The molecule has 1 aromatic carbocycles. The summed E-state index contributed by atoms with van der Waals surface area (Å²) in [6, 6.07) is 10.3. The molecule has 1 unspecified atom stereocenters. The van der Waals surface area contributed by atoms with E-state index in [1.54, 1.807) is 0 Å². The van der Waals surface area contributed by atoms with Crippen LogP contribution in [0, 0.1) is 0 Å². The molecule has 0 aromatic heterocycles. The number of hydrogen-bond donors (Lipinski definition) is 1. The van der Waals surface area contributed by atoms with Gasteiger partial charge in [0.2, 0.25) is 8.32 Å². The Bertz CT molecular complexity index is 287. The van der Waals surface area contributed by atoms with Crippen molar-refractivity contribution in [2.45, 2.75) is 38.7 Å². The maximum atomic E-state index is 6.05. The molecule has 1 aromatic rings. The van der Waals surface area contributed by atoms with E-state index in [0.717, 1.165) is 6.42 Å². The largest absolute Gasteiger partial charge is 0.412 e. The molecular formula is C12H21NOSi. The fourth-order valence-corrected chi connectivity index (χ4v) is 3.18. The van der Waals surface area contributed by atoms with Crippen LogP contribution < -0.4 is 5.73 Å². The van der Waals surface area contributed by atoms with Gasteiger partial charge in [-0.05, 0) is 25.1 Å². The molecule has 2 nitrogen and oxygen atoms in total. The molecule has 0 saturated heterocycles. The quantitative estimate of drug-likeness (QED) is 0.779. The molecule has 0 radical (unpaired) electrons. The Hall–Kier alpha value is -0.643. The van der Waals surface area contributed by atoms with Crippen LogP contribution in [0.2, 0.25) is 13.1 Å². The number of hydrogen-bond acceptors (Lipinski definition) is 2. The SMILES string of the molecule is CCC(N)[Si](C)(C)OCc1ccccc1. The third-order valence-corrected chi connectivity index (χ3v) is 5.87. The summed E-state index contributed by atoms with van der Waals surface area (Å²) in [6.07, 6.45) is 0.994. The molecule has 0 aliphatic rings. The first-order chi connectivity index (χ1) is 7.06. The zero-order chi connectivity index (χ0) is 11.3. The molecule has 1 atom stereocenters. The lowest BCUT2D eigenvalue weighted by Gasteiger charge is -2.28. The highest BCUT2D eigenvalue weighted by atomic mass is 28.4. The van der Waals surface area contributed by atoms with Crippen molar-refractivity contribution in [1.29, 1.82) is 0 Å². The van der Waals surface area contributed by atoms with Crippen LogP contribution >= 0.6 is 0 Å². The van der Waals surface area contributed by atoms with Crippen molar-refractivity contribution in [2.24, 2.45) is 5.73 Å². The van der Waals surface area contributed by atoms with Crippen LogP contribution in [0.25, 0.3) is 0 Å². The fraction of sp³-hybridized carbons (Fsp3) is 0.500. The first-order valence-electron chi connectivity index (χ1n) is 5.49. The molecular weight excluding hydrogens is 202 g/mol. The molecule has 0 saturated carbocycles. The Balaban J connectivity index is 2.49. The standard InChI is InChI=1S/C12H21NOSi/c1-4-12(13)15(2,3)14-10-11-8-6-5-7-9-11/h5-9,12H,4,10,13H2,1-3H3. The van der Waals surface area contributed by atoms with Crippen molar-refractivity contribution in [3.8, 4) is 0 Å². The zero-order valence-electron chi connectivity index (χ0n) is 9.86. The highest BCUT2D eigenvalue weighted by molar-refractivity contribution is 6.72. The lowest BCUT2D eigenvalue weighted by molar-refractivity contribution is 0.286. The van der Waals surface area contributed by atoms with Crippen molar-refractivity contribution in [3.63, 3.8) is 0 Å². The van der Waals surface area contributed by atoms with Crippen LogP contribution in [0.5, 0.6) is 0 Å². The summed E-state index contributed by atoms with van der Waals surface area (Å²) in [7, 11) is -1.71. The van der Waals surface area contributed by atoms with Crippen LogP contribution in [0.4, 0.5) is 0 Å². The first kappa shape index (κ1) is 12.4. The Morgan fingerprint density at radius 1 is 1.27 bits per heavy atom. The van der Waals surface area contributed by atoms with Crippen molar-refractivity contribution < 1.29 is 4.43 Å². The number of rotatable bonds is 5. The van der Waals surface area contributed by atoms with Gasteiger partial charge in [-0.2, -0.15) is 0 Å². The third kappa shape index (κ3) is 3.78. The molecule has 3 heteroatoms. The predicted molar refractivity (Wildman–Crippen MR) is 67.0 cm³/mol. The van der Waals surface area contributed by atoms with Gasteiger partial charge in [-0.15, -0.1) is 0 Å². The topological polar surface area (TPSA) is 35.2 Å². The lowest BCUT2D eigenvalue weighted by atomic mass is 10.2. The summed E-state index contributed by atoms with van der Waals surface area (Å²) in [6.45, 7) is 7.17. The van der Waals surface area contributed by atoms with Crippen LogP contribution in [0.1, 0.15) is 18.9 Å². The maximum absolute atomic E-state index is 6.05. The second-order valence-corrected chi connectivity index (χ2v) is 8.63. The smallest absolute Gasteiger partial charge is 0.203 e. The van der Waals surface area contributed by atoms with E-state index >= 15 is 0 Å². The second kappa shape index (κ2) is 5.44. The van der Waals surface area contributed by atoms with Gasteiger partial charge < -0.3 is 10.2 Å². The van der Waals surface area contributed by atoms with Gasteiger partial charge in [0, 0.05) is 5.67 Å². The zero-order valence-corrected chi connectivity index (χ0v) is 10.9. The monoisotopic (exact) mass is 223 g/mol. The summed E-state index contributed by atoms with van der Waals surface area (Å²) < 4.78 is 5.98. The van der Waals surface area contributed by atoms with Crippen LogP contribution in [0.3, 0.4) is 0 Å². The summed E-state index contributed by atoms with van der Waals surface area (Å²) in [5.41, 5.74) is 7.50. The predicted octanol–water partition coefficient (Wildman–Crippen LogP) is 2.68. The van der Waals surface area contributed by atoms with Gasteiger partial charge in [0.25, 0.3) is 0 Å². The van der Waals surface area contributed by atoms with Gasteiger partial charge in [-0.1, -0.05) is 37.3 Å². The normalized spacial score (nSPS) is 13.9. The van der Waals surface area contributed by atoms with E-state index < -0.39 is 8.32 Å². The van der Waals surface area contributed by atoms with Crippen molar-refractivity contribution >= 4 is 8.32 Å². The highest BCUT2D eigenvalue weighted by Gasteiger charge is 2.29. The van der Waals surface area contributed by atoms with Gasteiger partial charge in [0.05, 0.1) is 6.61 Å². The molecule has 1 rings (SSSR count). The second-order valence-electron chi connectivity index (χ2n) is 4.39. The molecule has 15 heavy (non-hydrogen) atoms. The molecule has 0 amide bonds. The van der Waals surface area contributed by atoms with E-state index in [9.17, 15) is 0 Å². The minimum absolute atomic E-state index is 0.223. The van der Waals surface area contributed by atoms with Crippen LogP contribution in [-0.4, -0.2) is 14.0 Å². The molecule has 0 fully saturated rings. The minimum atomic E-state index is -1.71. The molecule has 0 aliphatic carbocycles. The summed E-state index contributed by atoms with van der Waals surface area (Å²) in [4.78, 5) is 0. The first-order valence-corrected chi connectivity index (χ1v) is 8.48. The molecule has 2 N–H and O–H groups in total. The number of nitrogens with two attached hydrogens (primary N) is 1. The number of benzene rings is 1. The molecule has 0 bridgehead atoms. The lowest BCUT2D eigenvalue weighted by Crippen LogP contribution is -2.49. The van der Waals surface area contributed by atoms with Crippen molar-refractivity contribution in [1.82, 2.24) is 0 Å². The minimum Gasteiger partial charge on any atom is -0.412 e. The summed E-state index contributed by atoms with van der Waals surface area (Å²) in [5.74, 6) is 0. The Morgan fingerprint density at radius 2 is 1.87 bits per heavy atom. The Kier molecular flexibility index (Phi) is 4.51. The van der Waals surface area contributed by atoms with Crippen molar-refractivity contribution in [2.75, 3.05) is 0 Å². The van der Waals surface area contributed by atoms with E-state index in [1.807, 2.05) is 18.2 Å². The third-order valence-electron chi connectivity index (χ3n) is 2.79. The van der Waals surface area contributed by atoms with E-state index in [-0.39, 0.29) is 5.67 Å². The Morgan fingerprint density at radius 3 is 2.40 bits per heavy atom. The van der Waals surface area contributed by atoms with E-state index in [0.29, 0.717) is 6.61 Å². The van der Waals surface area contributed by atoms with Crippen LogP contribution in [-0.2, 0) is 11.0 Å². The summed E-state index contributed by atoms with van der Waals surface area (Å²) >= 11 is 0. The van der Waals surface area contributed by atoms with E-state index in [2.05, 4.69) is 32.2 Å². The molecule has 0 spiro atoms.